The van der Waals surface area contributed by atoms with E-state index in [2.05, 4.69) is 5.32 Å². The second kappa shape index (κ2) is 7.59. The van der Waals surface area contributed by atoms with Crippen molar-refractivity contribution >= 4 is 11.6 Å². The van der Waals surface area contributed by atoms with Crippen molar-refractivity contribution in [2.75, 3.05) is 33.8 Å². The van der Waals surface area contributed by atoms with Crippen LogP contribution in [0.1, 0.15) is 15.9 Å². The fraction of sp³-hybridized carbons (Fsp3) is 0.278. The molecule has 0 aliphatic carbocycles. The molecule has 0 aromatic heterocycles. The molecule has 2 rings (SSSR count). The molecule has 0 aliphatic heterocycles. The summed E-state index contributed by atoms with van der Waals surface area (Å²) in [5, 5.41) is 2.83. The van der Waals surface area contributed by atoms with Crippen LogP contribution in [-0.2, 0) is 0 Å². The monoisotopic (exact) mass is 331 g/mol. The van der Waals surface area contributed by atoms with Crippen LogP contribution < -0.4 is 24.3 Å². The molecule has 24 heavy (non-hydrogen) atoms. The van der Waals surface area contributed by atoms with Crippen LogP contribution in [0.5, 0.6) is 23.0 Å². The molecule has 0 saturated carbocycles. The highest BCUT2D eigenvalue weighted by Gasteiger charge is 2.18. The van der Waals surface area contributed by atoms with Gasteiger partial charge in [-0.25, -0.2) is 0 Å². The van der Waals surface area contributed by atoms with Crippen LogP contribution in [-0.4, -0.2) is 34.3 Å². The Labute approximate surface area is 141 Å². The fourth-order valence-electron chi connectivity index (χ4n) is 2.31. The molecule has 6 heteroatoms. The minimum absolute atomic E-state index is 0.309. The Bertz CT molecular complexity index is 717. The largest absolute Gasteiger partial charge is 0.495 e. The van der Waals surface area contributed by atoms with E-state index in [1.807, 2.05) is 19.1 Å². The summed E-state index contributed by atoms with van der Waals surface area (Å²) in [6.07, 6.45) is 0. The summed E-state index contributed by atoms with van der Waals surface area (Å²) >= 11 is 0. The Balaban J connectivity index is 2.36. The van der Waals surface area contributed by atoms with Crippen molar-refractivity contribution in [1.29, 1.82) is 0 Å². The van der Waals surface area contributed by atoms with Crippen LogP contribution in [0.4, 0.5) is 5.69 Å². The van der Waals surface area contributed by atoms with Crippen LogP contribution in [0.25, 0.3) is 0 Å². The number of anilines is 1. The maximum Gasteiger partial charge on any atom is 0.256 e. The second-order valence-electron chi connectivity index (χ2n) is 5.07. The van der Waals surface area contributed by atoms with Crippen molar-refractivity contribution < 1.29 is 23.7 Å². The molecule has 2 aromatic carbocycles. The number of carbonyl (C=O) groups is 1. The number of aryl methyl sites for hydroxylation is 1. The van der Waals surface area contributed by atoms with Gasteiger partial charge in [0.05, 0.1) is 34.1 Å². The van der Waals surface area contributed by atoms with Crippen molar-refractivity contribution in [3.63, 3.8) is 0 Å². The first kappa shape index (κ1) is 17.5. The number of methoxy groups -OCH3 is 4. The van der Waals surface area contributed by atoms with Gasteiger partial charge in [-0.1, -0.05) is 6.07 Å². The van der Waals surface area contributed by atoms with Gasteiger partial charge in [0.15, 0.2) is 11.5 Å². The number of hydrogen-bond donors (Lipinski definition) is 1. The van der Waals surface area contributed by atoms with Crippen LogP contribution in [0.15, 0.2) is 30.3 Å². The van der Waals surface area contributed by atoms with E-state index in [0.717, 1.165) is 5.56 Å². The van der Waals surface area contributed by atoms with E-state index < -0.39 is 0 Å². The highest BCUT2D eigenvalue weighted by atomic mass is 16.5. The minimum Gasteiger partial charge on any atom is -0.495 e. The van der Waals surface area contributed by atoms with Crippen LogP contribution in [0, 0.1) is 6.92 Å². The number of carbonyl (C=O) groups excluding carboxylic acids is 1. The Kier molecular flexibility index (Phi) is 5.52. The molecule has 0 radical (unpaired) electrons. The zero-order chi connectivity index (χ0) is 17.7. The summed E-state index contributed by atoms with van der Waals surface area (Å²) < 4.78 is 21.1. The normalized spacial score (nSPS) is 10.0. The number of amides is 1. The van der Waals surface area contributed by atoms with Gasteiger partial charge in [-0.05, 0) is 36.8 Å². The number of hydrogen-bond acceptors (Lipinski definition) is 5. The lowest BCUT2D eigenvalue weighted by Crippen LogP contribution is -2.13. The average Bonchev–Trinajstić information content (AvgIpc) is 2.61. The highest BCUT2D eigenvalue weighted by molar-refractivity contribution is 6.05. The summed E-state index contributed by atoms with van der Waals surface area (Å²) in [6, 6.07) is 8.73. The summed E-state index contributed by atoms with van der Waals surface area (Å²) in [5.41, 5.74) is 2.01. The number of nitrogens with one attached hydrogen (secondary N) is 1. The van der Waals surface area contributed by atoms with Gasteiger partial charge in [0, 0.05) is 5.56 Å². The first-order valence-electron chi connectivity index (χ1n) is 7.30. The summed E-state index contributed by atoms with van der Waals surface area (Å²) in [4.78, 5) is 12.6. The van der Waals surface area contributed by atoms with E-state index in [9.17, 15) is 4.79 Å². The molecule has 0 bridgehead atoms. The molecule has 0 heterocycles. The van der Waals surface area contributed by atoms with E-state index in [0.29, 0.717) is 34.2 Å². The van der Waals surface area contributed by atoms with Crippen molar-refractivity contribution in [3.05, 3.63) is 41.5 Å². The molecule has 0 aliphatic rings. The first-order chi connectivity index (χ1) is 11.5. The van der Waals surface area contributed by atoms with Crippen LogP contribution >= 0.6 is 0 Å². The van der Waals surface area contributed by atoms with Crippen molar-refractivity contribution in [2.45, 2.75) is 6.92 Å². The molecular weight excluding hydrogens is 310 g/mol. The molecule has 6 nitrogen and oxygen atoms in total. The predicted molar refractivity (Wildman–Crippen MR) is 91.8 cm³/mol. The average molecular weight is 331 g/mol. The Hall–Kier alpha value is -2.89. The van der Waals surface area contributed by atoms with Gasteiger partial charge in [0.1, 0.15) is 5.75 Å². The zero-order valence-corrected chi connectivity index (χ0v) is 14.4. The summed E-state index contributed by atoms with van der Waals surface area (Å²) in [7, 11) is 6.07. The van der Waals surface area contributed by atoms with E-state index in [-0.39, 0.29) is 5.91 Å². The van der Waals surface area contributed by atoms with Gasteiger partial charge < -0.3 is 24.3 Å². The lowest BCUT2D eigenvalue weighted by molar-refractivity contribution is 0.102. The number of ether oxygens (including phenoxy) is 4. The lowest BCUT2D eigenvalue weighted by Gasteiger charge is -2.15. The van der Waals surface area contributed by atoms with Crippen molar-refractivity contribution in [2.24, 2.45) is 0 Å². The summed E-state index contributed by atoms with van der Waals surface area (Å²) in [6.45, 7) is 1.95. The SMILES string of the molecule is COc1cc(C)ccc1NC(=O)c1cc(OC)c(OC)c(OC)c1. The van der Waals surface area contributed by atoms with E-state index >= 15 is 0 Å². The van der Waals surface area contributed by atoms with Gasteiger partial charge in [-0.3, -0.25) is 4.79 Å². The maximum absolute atomic E-state index is 12.6. The first-order valence-corrected chi connectivity index (χ1v) is 7.30. The standard InChI is InChI=1S/C18H21NO5/c1-11-6-7-13(14(8-11)21-2)19-18(20)12-9-15(22-3)17(24-5)16(10-12)23-4/h6-10H,1-5H3,(H,19,20). The number of rotatable bonds is 6. The van der Waals surface area contributed by atoms with Gasteiger partial charge in [-0.15, -0.1) is 0 Å². The molecular formula is C18H21NO5. The topological polar surface area (TPSA) is 66.0 Å². The van der Waals surface area contributed by atoms with Gasteiger partial charge >= 0.3 is 0 Å². The predicted octanol–water partition coefficient (Wildman–Crippen LogP) is 3.28. The van der Waals surface area contributed by atoms with Crippen molar-refractivity contribution in [1.82, 2.24) is 0 Å². The summed E-state index contributed by atoms with van der Waals surface area (Å²) in [5.74, 6) is 1.55. The smallest absolute Gasteiger partial charge is 0.256 e. The Morgan fingerprint density at radius 1 is 0.833 bits per heavy atom. The third-order valence-electron chi connectivity index (χ3n) is 3.53. The van der Waals surface area contributed by atoms with Crippen LogP contribution in [0.2, 0.25) is 0 Å². The third kappa shape index (κ3) is 3.53. The van der Waals surface area contributed by atoms with Gasteiger partial charge in [0.25, 0.3) is 5.91 Å². The molecule has 1 N–H and O–H groups in total. The van der Waals surface area contributed by atoms with Gasteiger partial charge in [0.2, 0.25) is 5.75 Å². The van der Waals surface area contributed by atoms with Crippen molar-refractivity contribution in [3.8, 4) is 23.0 Å². The Morgan fingerprint density at radius 2 is 1.42 bits per heavy atom. The maximum atomic E-state index is 12.6. The molecule has 2 aromatic rings. The molecule has 0 atom stereocenters. The van der Waals surface area contributed by atoms with E-state index in [1.54, 1.807) is 25.3 Å². The Morgan fingerprint density at radius 3 is 1.92 bits per heavy atom. The van der Waals surface area contributed by atoms with E-state index in [1.165, 1.54) is 21.3 Å². The number of benzene rings is 2. The fourth-order valence-corrected chi connectivity index (χ4v) is 2.31. The zero-order valence-electron chi connectivity index (χ0n) is 14.4. The molecule has 0 fully saturated rings. The highest BCUT2D eigenvalue weighted by Crippen LogP contribution is 2.38. The van der Waals surface area contributed by atoms with Crippen LogP contribution in [0.3, 0.4) is 0 Å². The lowest BCUT2D eigenvalue weighted by atomic mass is 10.1. The molecule has 0 spiro atoms. The van der Waals surface area contributed by atoms with E-state index in [4.69, 9.17) is 18.9 Å². The third-order valence-corrected chi connectivity index (χ3v) is 3.53. The minimum atomic E-state index is -0.309. The quantitative estimate of drug-likeness (QED) is 0.880. The molecule has 1 amide bonds. The second-order valence-corrected chi connectivity index (χ2v) is 5.07. The van der Waals surface area contributed by atoms with Gasteiger partial charge in [-0.2, -0.15) is 0 Å². The molecule has 128 valence electrons. The molecule has 0 saturated heterocycles. The molecule has 0 unspecified atom stereocenters.